The standard InChI is InChI=1S/C14H13ClFNO3S/c1-21(19,20)10-5-6-12(16)13(7-10)17-8-9-3-2-4-11(15)14(9)18/h2-7,17-18H,8H2,1H3. The molecule has 4 nitrogen and oxygen atoms in total. The SMILES string of the molecule is CS(=O)(=O)c1ccc(F)c(NCc2cccc(Cl)c2O)c1. The molecule has 0 bridgehead atoms. The van der Waals surface area contributed by atoms with Gasteiger partial charge in [-0.3, -0.25) is 0 Å². The third kappa shape index (κ3) is 3.65. The van der Waals surface area contributed by atoms with Gasteiger partial charge in [0.25, 0.3) is 0 Å². The summed E-state index contributed by atoms with van der Waals surface area (Å²) in [5.41, 5.74) is 0.518. The van der Waals surface area contributed by atoms with Crippen LogP contribution < -0.4 is 5.32 Å². The Labute approximate surface area is 127 Å². The monoisotopic (exact) mass is 329 g/mol. The molecule has 0 spiro atoms. The zero-order valence-electron chi connectivity index (χ0n) is 11.1. The number of phenolic OH excluding ortho intramolecular Hbond substituents is 1. The van der Waals surface area contributed by atoms with E-state index in [1.807, 2.05) is 0 Å². The van der Waals surface area contributed by atoms with Crippen LogP contribution in [0.2, 0.25) is 5.02 Å². The van der Waals surface area contributed by atoms with Gasteiger partial charge in [-0.25, -0.2) is 12.8 Å². The Hall–Kier alpha value is -1.79. The van der Waals surface area contributed by atoms with E-state index >= 15 is 0 Å². The summed E-state index contributed by atoms with van der Waals surface area (Å²) in [6, 6.07) is 8.32. The number of nitrogens with one attached hydrogen (secondary N) is 1. The van der Waals surface area contributed by atoms with Gasteiger partial charge in [-0.05, 0) is 24.3 Å². The molecule has 2 N–H and O–H groups in total. The molecule has 0 unspecified atom stereocenters. The van der Waals surface area contributed by atoms with Gasteiger partial charge in [-0.2, -0.15) is 0 Å². The maximum absolute atomic E-state index is 13.7. The molecule has 2 rings (SSSR count). The number of sulfone groups is 1. The van der Waals surface area contributed by atoms with Gasteiger partial charge in [-0.15, -0.1) is 0 Å². The van der Waals surface area contributed by atoms with E-state index < -0.39 is 15.7 Å². The Kier molecular flexibility index (Phi) is 4.39. The fourth-order valence-electron chi connectivity index (χ4n) is 1.76. The van der Waals surface area contributed by atoms with Gasteiger partial charge in [0.1, 0.15) is 11.6 Å². The maximum atomic E-state index is 13.7. The Bertz CT molecular complexity index is 778. The van der Waals surface area contributed by atoms with Gasteiger partial charge < -0.3 is 10.4 Å². The maximum Gasteiger partial charge on any atom is 0.175 e. The normalized spacial score (nSPS) is 11.4. The van der Waals surface area contributed by atoms with Crippen LogP contribution in [-0.2, 0) is 16.4 Å². The zero-order valence-corrected chi connectivity index (χ0v) is 12.7. The highest BCUT2D eigenvalue weighted by Gasteiger charge is 2.12. The average molecular weight is 330 g/mol. The summed E-state index contributed by atoms with van der Waals surface area (Å²) in [4.78, 5) is 0.0155. The van der Waals surface area contributed by atoms with Gasteiger partial charge in [0.15, 0.2) is 9.84 Å². The molecule has 2 aromatic carbocycles. The van der Waals surface area contributed by atoms with Gasteiger partial charge in [0, 0.05) is 18.4 Å². The summed E-state index contributed by atoms with van der Waals surface area (Å²) in [5, 5.41) is 12.7. The number of para-hydroxylation sites is 1. The number of benzene rings is 2. The topological polar surface area (TPSA) is 66.4 Å². The van der Waals surface area contributed by atoms with E-state index in [1.54, 1.807) is 12.1 Å². The molecule has 0 saturated heterocycles. The molecule has 112 valence electrons. The van der Waals surface area contributed by atoms with Crippen molar-refractivity contribution in [3.05, 3.63) is 52.8 Å². The predicted octanol–water partition coefficient (Wildman–Crippen LogP) is 3.20. The summed E-state index contributed by atoms with van der Waals surface area (Å²) in [5.74, 6) is -0.671. The molecule has 0 aliphatic rings. The van der Waals surface area contributed by atoms with Crippen molar-refractivity contribution in [1.29, 1.82) is 0 Å². The van der Waals surface area contributed by atoms with E-state index in [0.29, 0.717) is 5.56 Å². The Morgan fingerprint density at radius 2 is 2.00 bits per heavy atom. The van der Waals surface area contributed by atoms with Crippen LogP contribution in [0.3, 0.4) is 0 Å². The molecule has 7 heteroatoms. The van der Waals surface area contributed by atoms with Gasteiger partial charge in [0.05, 0.1) is 15.6 Å². The van der Waals surface area contributed by atoms with Crippen molar-refractivity contribution in [1.82, 2.24) is 0 Å². The molecule has 0 aromatic heterocycles. The quantitative estimate of drug-likeness (QED) is 0.845. The largest absolute Gasteiger partial charge is 0.506 e. The minimum absolute atomic E-state index is 0.0155. The van der Waals surface area contributed by atoms with Crippen molar-refractivity contribution in [2.75, 3.05) is 11.6 Å². The molecular weight excluding hydrogens is 317 g/mol. The summed E-state index contributed by atoms with van der Waals surface area (Å²) in [7, 11) is -3.42. The number of hydrogen-bond acceptors (Lipinski definition) is 4. The first-order valence-corrected chi connectivity index (χ1v) is 8.26. The van der Waals surface area contributed by atoms with Gasteiger partial charge >= 0.3 is 0 Å². The first-order valence-electron chi connectivity index (χ1n) is 5.99. The summed E-state index contributed by atoms with van der Waals surface area (Å²) >= 11 is 5.78. The van der Waals surface area contributed by atoms with E-state index in [4.69, 9.17) is 11.6 Å². The lowest BCUT2D eigenvalue weighted by molar-refractivity contribution is 0.469. The second kappa shape index (κ2) is 5.91. The fraction of sp³-hybridized carbons (Fsp3) is 0.143. The lowest BCUT2D eigenvalue weighted by Crippen LogP contribution is -2.04. The van der Waals surface area contributed by atoms with E-state index in [1.165, 1.54) is 18.2 Å². The average Bonchev–Trinajstić information content (AvgIpc) is 2.40. The molecule has 0 atom stereocenters. The highest BCUT2D eigenvalue weighted by molar-refractivity contribution is 7.90. The van der Waals surface area contributed by atoms with Crippen LogP contribution in [0, 0.1) is 5.82 Å². The van der Waals surface area contributed by atoms with Crippen LogP contribution in [0.5, 0.6) is 5.75 Å². The van der Waals surface area contributed by atoms with E-state index in [0.717, 1.165) is 12.3 Å². The number of phenols is 1. The highest BCUT2D eigenvalue weighted by Crippen LogP contribution is 2.28. The third-order valence-electron chi connectivity index (χ3n) is 2.91. The number of halogens is 2. The molecule has 21 heavy (non-hydrogen) atoms. The fourth-order valence-corrected chi connectivity index (χ4v) is 2.60. The summed E-state index contributed by atoms with van der Waals surface area (Å²) < 4.78 is 36.6. The Morgan fingerprint density at radius 3 is 2.67 bits per heavy atom. The van der Waals surface area contributed by atoms with Crippen molar-refractivity contribution in [2.45, 2.75) is 11.4 Å². The molecular formula is C14H13ClFNO3S. The minimum Gasteiger partial charge on any atom is -0.506 e. The van der Waals surface area contributed by atoms with Crippen molar-refractivity contribution < 1.29 is 17.9 Å². The van der Waals surface area contributed by atoms with Crippen molar-refractivity contribution >= 4 is 27.1 Å². The molecule has 0 amide bonds. The van der Waals surface area contributed by atoms with Crippen LogP contribution in [-0.4, -0.2) is 19.8 Å². The van der Waals surface area contributed by atoms with Gasteiger partial charge in [-0.1, -0.05) is 23.7 Å². The lowest BCUT2D eigenvalue weighted by Gasteiger charge is -2.11. The zero-order chi connectivity index (χ0) is 15.6. The predicted molar refractivity (Wildman–Crippen MR) is 80.0 cm³/mol. The molecule has 0 saturated carbocycles. The first-order chi connectivity index (χ1) is 9.79. The van der Waals surface area contributed by atoms with E-state index in [9.17, 15) is 17.9 Å². The first kappa shape index (κ1) is 15.6. The second-order valence-corrected chi connectivity index (χ2v) is 6.94. The van der Waals surface area contributed by atoms with Crippen LogP contribution in [0.25, 0.3) is 0 Å². The molecule has 0 fully saturated rings. The highest BCUT2D eigenvalue weighted by atomic mass is 35.5. The smallest absolute Gasteiger partial charge is 0.175 e. The third-order valence-corrected chi connectivity index (χ3v) is 4.32. The number of hydrogen-bond donors (Lipinski definition) is 2. The Morgan fingerprint density at radius 1 is 1.29 bits per heavy atom. The van der Waals surface area contributed by atoms with Crippen LogP contribution >= 0.6 is 11.6 Å². The van der Waals surface area contributed by atoms with Crippen LogP contribution in [0.15, 0.2) is 41.3 Å². The second-order valence-electron chi connectivity index (χ2n) is 4.51. The van der Waals surface area contributed by atoms with Crippen LogP contribution in [0.4, 0.5) is 10.1 Å². The number of anilines is 1. The molecule has 2 aromatic rings. The van der Waals surface area contributed by atoms with E-state index in [-0.39, 0.29) is 27.9 Å². The molecule has 0 heterocycles. The molecule has 0 radical (unpaired) electrons. The van der Waals surface area contributed by atoms with Crippen molar-refractivity contribution in [3.63, 3.8) is 0 Å². The summed E-state index contributed by atoms with van der Waals surface area (Å²) in [6.07, 6.45) is 1.05. The van der Waals surface area contributed by atoms with Crippen LogP contribution in [0.1, 0.15) is 5.56 Å². The number of rotatable bonds is 4. The summed E-state index contributed by atoms with van der Waals surface area (Å²) in [6.45, 7) is 0.108. The van der Waals surface area contributed by atoms with Crippen molar-refractivity contribution in [2.24, 2.45) is 0 Å². The van der Waals surface area contributed by atoms with Crippen molar-refractivity contribution in [3.8, 4) is 5.75 Å². The van der Waals surface area contributed by atoms with Gasteiger partial charge in [0.2, 0.25) is 0 Å². The molecule has 0 aliphatic carbocycles. The Balaban J connectivity index is 2.26. The minimum atomic E-state index is -3.42. The number of aromatic hydroxyl groups is 1. The van der Waals surface area contributed by atoms with E-state index in [2.05, 4.69) is 5.32 Å². The molecule has 0 aliphatic heterocycles. The lowest BCUT2D eigenvalue weighted by atomic mass is 10.2.